The van der Waals surface area contributed by atoms with Crippen LogP contribution in [0.25, 0.3) is 5.69 Å². The molecule has 0 saturated heterocycles. The van der Waals surface area contributed by atoms with Crippen LogP contribution < -0.4 is 15.0 Å². The van der Waals surface area contributed by atoms with Gasteiger partial charge in [0.25, 0.3) is 0 Å². The zero-order valence-electron chi connectivity index (χ0n) is 21.9. The second-order valence-corrected chi connectivity index (χ2v) is 11.6. The fraction of sp³-hybridized carbons (Fsp3) is 0.393. The van der Waals surface area contributed by atoms with E-state index < -0.39 is 0 Å². The maximum Gasteiger partial charge on any atom is 0.240 e. The van der Waals surface area contributed by atoms with Crippen molar-refractivity contribution in [3.8, 4) is 11.4 Å². The first-order valence-corrected chi connectivity index (χ1v) is 13.8. The van der Waals surface area contributed by atoms with Crippen LogP contribution in [0.3, 0.4) is 0 Å². The van der Waals surface area contributed by atoms with E-state index in [4.69, 9.17) is 21.4 Å². The third kappa shape index (κ3) is 5.80. The minimum Gasteiger partial charge on any atom is -0.497 e. The highest BCUT2D eigenvalue weighted by Crippen LogP contribution is 2.48. The molecule has 37 heavy (non-hydrogen) atoms. The fourth-order valence-corrected chi connectivity index (χ4v) is 5.76. The summed E-state index contributed by atoms with van der Waals surface area (Å²) < 4.78 is 7.14. The zero-order chi connectivity index (χ0) is 26.7. The number of fused-ring (bicyclic) bond motifs is 1. The van der Waals surface area contributed by atoms with Crippen molar-refractivity contribution in [2.45, 2.75) is 44.8 Å². The highest BCUT2D eigenvalue weighted by atomic mass is 35.5. The lowest BCUT2D eigenvalue weighted by Gasteiger charge is -2.24. The van der Waals surface area contributed by atoms with Gasteiger partial charge in [-0.25, -0.2) is 4.68 Å². The summed E-state index contributed by atoms with van der Waals surface area (Å²) in [5.41, 5.74) is 3.22. The number of halogens is 1. The number of anilines is 1. The third-order valence-electron chi connectivity index (χ3n) is 6.14. The molecule has 4 rings (SSSR count). The molecule has 0 fully saturated rings. The Morgan fingerprint density at radius 1 is 1.22 bits per heavy atom. The lowest BCUT2D eigenvalue weighted by molar-refractivity contribution is -0.122. The number of carbonyl (C=O) groups excluding carboxylic acids is 2. The molecular weight excluding hydrogens is 508 g/mol. The van der Waals surface area contributed by atoms with Gasteiger partial charge in [-0.15, -0.1) is 11.8 Å². The molecular formula is C28H33ClN4O3S. The van der Waals surface area contributed by atoms with E-state index in [9.17, 15) is 9.59 Å². The average molecular weight is 541 g/mol. The van der Waals surface area contributed by atoms with Crippen molar-refractivity contribution in [1.29, 1.82) is 0 Å². The smallest absolute Gasteiger partial charge is 0.240 e. The van der Waals surface area contributed by atoms with Crippen LogP contribution in [0.2, 0.25) is 5.02 Å². The molecule has 0 bridgehead atoms. The van der Waals surface area contributed by atoms with Gasteiger partial charge >= 0.3 is 0 Å². The molecule has 3 aromatic rings. The van der Waals surface area contributed by atoms with Crippen LogP contribution in [0.4, 0.5) is 5.82 Å². The quantitative estimate of drug-likeness (QED) is 0.426. The van der Waals surface area contributed by atoms with Gasteiger partial charge in [0, 0.05) is 22.5 Å². The fourth-order valence-electron chi connectivity index (χ4n) is 4.37. The Morgan fingerprint density at radius 2 is 1.95 bits per heavy atom. The van der Waals surface area contributed by atoms with Crippen molar-refractivity contribution >= 4 is 41.0 Å². The first-order chi connectivity index (χ1) is 17.6. The number of amides is 2. The number of hydrogen-bond acceptors (Lipinski definition) is 5. The number of nitrogens with one attached hydrogen (secondary N) is 1. The maximum atomic E-state index is 13.6. The topological polar surface area (TPSA) is 76.5 Å². The standard InChI is InChI=1S/C28H33ClN4O3S/c1-6-14-30-22(34)16-32-23(35)17-37-25(18-8-7-9-19(29)15-18)24-26(28(2,3)4)31-33(27(24)32)20-10-12-21(36-5)13-11-20/h7-13,15,25H,6,14,16-17H2,1-5H3,(H,30,34)/t25-/m0/s1. The predicted molar refractivity (Wildman–Crippen MR) is 150 cm³/mol. The lowest BCUT2D eigenvalue weighted by atomic mass is 9.87. The van der Waals surface area contributed by atoms with Crippen molar-refractivity contribution in [2.24, 2.45) is 0 Å². The normalized spacial score (nSPS) is 15.8. The molecule has 0 aliphatic carbocycles. The molecule has 2 amide bonds. The molecule has 1 atom stereocenters. The second-order valence-electron chi connectivity index (χ2n) is 10.0. The summed E-state index contributed by atoms with van der Waals surface area (Å²) >= 11 is 7.93. The van der Waals surface area contributed by atoms with Crippen LogP contribution in [-0.4, -0.2) is 47.5 Å². The van der Waals surface area contributed by atoms with E-state index in [2.05, 4.69) is 26.1 Å². The minimum atomic E-state index is -0.331. The van der Waals surface area contributed by atoms with E-state index in [1.54, 1.807) is 16.7 Å². The summed E-state index contributed by atoms with van der Waals surface area (Å²) in [7, 11) is 1.62. The number of ether oxygens (including phenoxy) is 1. The van der Waals surface area contributed by atoms with E-state index in [-0.39, 0.29) is 34.8 Å². The van der Waals surface area contributed by atoms with Gasteiger partial charge in [-0.1, -0.05) is 51.4 Å². The van der Waals surface area contributed by atoms with E-state index >= 15 is 0 Å². The van der Waals surface area contributed by atoms with Gasteiger partial charge in [0.05, 0.1) is 29.5 Å². The summed E-state index contributed by atoms with van der Waals surface area (Å²) in [4.78, 5) is 28.1. The van der Waals surface area contributed by atoms with Crippen LogP contribution in [0.15, 0.2) is 48.5 Å². The number of methoxy groups -OCH3 is 1. The van der Waals surface area contributed by atoms with Gasteiger partial charge in [0.15, 0.2) is 0 Å². The highest BCUT2D eigenvalue weighted by molar-refractivity contribution is 8.00. The van der Waals surface area contributed by atoms with Gasteiger partial charge in [0.1, 0.15) is 18.1 Å². The van der Waals surface area contributed by atoms with Gasteiger partial charge in [-0.05, 0) is 48.4 Å². The summed E-state index contributed by atoms with van der Waals surface area (Å²) in [6.07, 6.45) is 0.815. The number of carbonyl (C=O) groups is 2. The summed E-state index contributed by atoms with van der Waals surface area (Å²) in [6.45, 7) is 8.80. The van der Waals surface area contributed by atoms with Gasteiger partial charge in [-0.2, -0.15) is 5.10 Å². The number of nitrogens with zero attached hydrogens (tertiary/aromatic N) is 3. The largest absolute Gasteiger partial charge is 0.497 e. The average Bonchev–Trinajstić information content (AvgIpc) is 3.20. The second kappa shape index (κ2) is 11.2. The Morgan fingerprint density at radius 3 is 2.57 bits per heavy atom. The highest BCUT2D eigenvalue weighted by Gasteiger charge is 2.40. The first-order valence-electron chi connectivity index (χ1n) is 12.4. The van der Waals surface area contributed by atoms with Crippen molar-refractivity contribution < 1.29 is 14.3 Å². The van der Waals surface area contributed by atoms with E-state index in [1.165, 1.54) is 11.8 Å². The van der Waals surface area contributed by atoms with Crippen molar-refractivity contribution in [3.05, 3.63) is 70.4 Å². The van der Waals surface area contributed by atoms with Crippen molar-refractivity contribution in [1.82, 2.24) is 15.1 Å². The number of benzene rings is 2. The molecule has 0 spiro atoms. The van der Waals surface area contributed by atoms with Gasteiger partial charge in [-0.3, -0.25) is 14.5 Å². The van der Waals surface area contributed by atoms with Crippen molar-refractivity contribution in [3.63, 3.8) is 0 Å². The zero-order valence-corrected chi connectivity index (χ0v) is 23.4. The van der Waals surface area contributed by atoms with Crippen LogP contribution >= 0.6 is 23.4 Å². The number of hydrogen-bond donors (Lipinski definition) is 1. The summed E-state index contributed by atoms with van der Waals surface area (Å²) in [5.74, 6) is 1.21. The molecule has 7 nitrogen and oxygen atoms in total. The molecule has 1 aliphatic heterocycles. The van der Waals surface area contributed by atoms with Gasteiger partial charge < -0.3 is 10.1 Å². The Bertz CT molecular complexity index is 1280. The molecule has 1 aliphatic rings. The minimum absolute atomic E-state index is 0.0832. The number of thioether (sulfide) groups is 1. The van der Waals surface area contributed by atoms with Gasteiger partial charge in [0.2, 0.25) is 11.8 Å². The predicted octanol–water partition coefficient (Wildman–Crippen LogP) is 5.53. The molecule has 0 saturated carbocycles. The monoisotopic (exact) mass is 540 g/mol. The maximum absolute atomic E-state index is 13.6. The summed E-state index contributed by atoms with van der Waals surface area (Å²) in [5, 5.41) is 8.43. The number of aromatic nitrogens is 2. The molecule has 2 heterocycles. The molecule has 9 heteroatoms. The van der Waals surface area contributed by atoms with E-state index in [0.29, 0.717) is 17.4 Å². The Kier molecular flexibility index (Phi) is 8.19. The van der Waals surface area contributed by atoms with Crippen LogP contribution in [0.1, 0.15) is 56.2 Å². The molecule has 0 radical (unpaired) electrons. The number of rotatable bonds is 7. The molecule has 1 aromatic heterocycles. The lowest BCUT2D eigenvalue weighted by Crippen LogP contribution is -2.42. The summed E-state index contributed by atoms with van der Waals surface area (Å²) in [6, 6.07) is 15.3. The Balaban J connectivity index is 1.98. The van der Waals surface area contributed by atoms with Crippen LogP contribution in [0.5, 0.6) is 5.75 Å². The molecule has 2 aromatic carbocycles. The van der Waals surface area contributed by atoms with Crippen LogP contribution in [0, 0.1) is 0 Å². The first kappa shape index (κ1) is 27.1. The SMILES string of the molecule is CCCNC(=O)CN1C(=O)CS[C@@H](c2cccc(Cl)c2)c2c(C(C)(C)C)nn(-c3ccc(OC)cc3)c21. The van der Waals surface area contributed by atoms with E-state index in [1.807, 2.05) is 55.5 Å². The Labute approximate surface area is 227 Å². The van der Waals surface area contributed by atoms with E-state index in [0.717, 1.165) is 34.7 Å². The molecule has 0 unspecified atom stereocenters. The van der Waals surface area contributed by atoms with Crippen molar-refractivity contribution in [2.75, 3.05) is 30.9 Å². The van der Waals surface area contributed by atoms with Crippen LogP contribution in [-0.2, 0) is 15.0 Å². The molecule has 1 N–H and O–H groups in total. The molecule has 196 valence electrons. The Hall–Kier alpha value is -2.97. The third-order valence-corrected chi connectivity index (χ3v) is 7.63.